The van der Waals surface area contributed by atoms with Crippen molar-refractivity contribution in [2.24, 2.45) is 0 Å². The van der Waals surface area contributed by atoms with Crippen LogP contribution in [0.3, 0.4) is 0 Å². The number of carbonyl (C=O) groups is 2. The Kier molecular flexibility index (Phi) is 7.90. The maximum atomic E-state index is 14.3. The Balaban J connectivity index is 2.00. The molecule has 3 rings (SSSR count). The number of non-ortho nitro benzene ring substituents is 1. The van der Waals surface area contributed by atoms with Crippen molar-refractivity contribution in [2.45, 2.75) is 38.8 Å². The third-order valence-corrected chi connectivity index (χ3v) is 7.68. The molecule has 0 radical (unpaired) electrons. The molecule has 34 heavy (non-hydrogen) atoms. The Bertz CT molecular complexity index is 1070. The Morgan fingerprint density at radius 2 is 1.62 bits per heavy atom. The second-order valence-electron chi connectivity index (χ2n) is 7.85. The van der Waals surface area contributed by atoms with Crippen molar-refractivity contribution < 1.29 is 33.2 Å². The van der Waals surface area contributed by atoms with Gasteiger partial charge in [0.1, 0.15) is 17.5 Å². The van der Waals surface area contributed by atoms with Gasteiger partial charge in [0.05, 0.1) is 4.92 Å². The van der Waals surface area contributed by atoms with Crippen molar-refractivity contribution in [3.63, 3.8) is 0 Å². The summed E-state index contributed by atoms with van der Waals surface area (Å²) in [5.41, 5.74) is -0.182. The number of para-hydroxylation sites is 1. The van der Waals surface area contributed by atoms with E-state index >= 15 is 0 Å². The van der Waals surface area contributed by atoms with Gasteiger partial charge in [0.2, 0.25) is 5.91 Å². The summed E-state index contributed by atoms with van der Waals surface area (Å²) in [6, 6.07) is 11.4. The van der Waals surface area contributed by atoms with E-state index in [0.717, 1.165) is 0 Å². The highest BCUT2D eigenvalue weighted by Gasteiger charge is 2.48. The van der Waals surface area contributed by atoms with Crippen LogP contribution < -0.4 is 9.05 Å². The zero-order valence-electron chi connectivity index (χ0n) is 18.8. The van der Waals surface area contributed by atoms with Gasteiger partial charge in [-0.05, 0) is 44.0 Å². The van der Waals surface area contributed by atoms with Gasteiger partial charge in [0.15, 0.2) is 0 Å². The second kappa shape index (κ2) is 10.7. The summed E-state index contributed by atoms with van der Waals surface area (Å²) in [7, 11) is -4.35. The van der Waals surface area contributed by atoms with Crippen molar-refractivity contribution >= 4 is 25.3 Å². The van der Waals surface area contributed by atoms with Crippen molar-refractivity contribution in [1.29, 1.82) is 0 Å². The summed E-state index contributed by atoms with van der Waals surface area (Å²) in [5, 5.41) is 20.8. The van der Waals surface area contributed by atoms with Crippen molar-refractivity contribution in [3.05, 3.63) is 64.7 Å². The van der Waals surface area contributed by atoms with Crippen LogP contribution in [-0.4, -0.2) is 56.6 Å². The van der Waals surface area contributed by atoms with Crippen molar-refractivity contribution in [3.8, 4) is 11.5 Å². The molecule has 12 heteroatoms. The molecule has 11 nitrogen and oxygen atoms in total. The number of nitro benzene ring substituents is 1. The molecule has 0 aliphatic carbocycles. The van der Waals surface area contributed by atoms with Gasteiger partial charge in [-0.1, -0.05) is 18.2 Å². The van der Waals surface area contributed by atoms with Gasteiger partial charge in [-0.25, -0.2) is 4.57 Å². The van der Waals surface area contributed by atoms with E-state index in [1.54, 1.807) is 35.2 Å². The van der Waals surface area contributed by atoms with Crippen LogP contribution in [0, 0.1) is 10.1 Å². The van der Waals surface area contributed by atoms with E-state index < -0.39 is 30.7 Å². The Morgan fingerprint density at radius 3 is 2.09 bits per heavy atom. The fourth-order valence-electron chi connectivity index (χ4n) is 3.78. The van der Waals surface area contributed by atoms with Crippen LogP contribution in [0.4, 0.5) is 5.69 Å². The number of rotatable bonds is 9. The Labute approximate surface area is 196 Å². The van der Waals surface area contributed by atoms with Crippen molar-refractivity contribution in [2.75, 3.05) is 13.1 Å². The van der Waals surface area contributed by atoms with E-state index in [0.29, 0.717) is 25.9 Å². The monoisotopic (exact) mass is 491 g/mol. The van der Waals surface area contributed by atoms with Crippen LogP contribution in [-0.2, 0) is 14.2 Å². The Hall–Kier alpha value is -3.43. The molecular weight excluding hydrogens is 465 g/mol. The van der Waals surface area contributed by atoms with Gasteiger partial charge < -0.3 is 19.1 Å². The van der Waals surface area contributed by atoms with E-state index in [-0.39, 0.29) is 23.1 Å². The van der Waals surface area contributed by atoms with Gasteiger partial charge in [-0.3, -0.25) is 19.7 Å². The molecular formula is C22H26N3O8P. The quantitative estimate of drug-likeness (QED) is 0.314. The van der Waals surface area contributed by atoms with Crippen LogP contribution in [0.5, 0.6) is 11.5 Å². The van der Waals surface area contributed by atoms with Gasteiger partial charge in [-0.15, -0.1) is 0 Å². The molecule has 1 aliphatic rings. The van der Waals surface area contributed by atoms with E-state index in [1.807, 2.05) is 0 Å². The first-order valence-corrected chi connectivity index (χ1v) is 12.2. The van der Waals surface area contributed by atoms with Gasteiger partial charge in [0.25, 0.3) is 5.69 Å². The summed E-state index contributed by atoms with van der Waals surface area (Å²) >= 11 is 0. The van der Waals surface area contributed by atoms with E-state index in [2.05, 4.69) is 0 Å². The number of amides is 1. The third-order valence-electron chi connectivity index (χ3n) is 5.55. The highest BCUT2D eigenvalue weighted by Crippen LogP contribution is 2.55. The lowest BCUT2D eigenvalue weighted by atomic mass is 10.0. The molecule has 0 spiro atoms. The summed E-state index contributed by atoms with van der Waals surface area (Å²) in [4.78, 5) is 35.8. The third kappa shape index (κ3) is 5.92. The van der Waals surface area contributed by atoms with Gasteiger partial charge >= 0.3 is 13.7 Å². The molecule has 1 heterocycles. The molecule has 1 unspecified atom stereocenters. The number of aliphatic carboxylic acids is 1. The lowest BCUT2D eigenvalue weighted by molar-refractivity contribution is -0.384. The molecule has 1 amide bonds. The molecule has 0 saturated carbocycles. The minimum absolute atomic E-state index is 0.0219. The van der Waals surface area contributed by atoms with Crippen LogP contribution in [0.1, 0.15) is 26.7 Å². The fourth-order valence-corrected chi connectivity index (χ4v) is 5.93. The molecule has 2 aromatic carbocycles. The number of nitro groups is 1. The average molecular weight is 491 g/mol. The first-order chi connectivity index (χ1) is 16.1. The predicted octanol–water partition coefficient (Wildman–Crippen LogP) is 3.95. The normalized spacial score (nSPS) is 17.0. The summed E-state index contributed by atoms with van der Waals surface area (Å²) in [6.07, 6.45) is 0.728. The van der Waals surface area contributed by atoms with Crippen LogP contribution in [0.2, 0.25) is 0 Å². The first kappa shape index (κ1) is 25.2. The molecule has 1 saturated heterocycles. The molecule has 1 aliphatic heterocycles. The summed E-state index contributed by atoms with van der Waals surface area (Å²) in [6.45, 7) is 3.58. The van der Waals surface area contributed by atoms with Crippen LogP contribution >= 0.6 is 7.75 Å². The molecule has 2 atom stereocenters. The number of likely N-dealkylation sites (tertiary alicyclic amines) is 1. The SMILES string of the molecule is CC(=O)N1CCC(N([C@@H](C)C(=O)O)P(=O)(Oc2ccccc2)Oc2ccc([N+](=O)[O-])cc2)CC1. The van der Waals surface area contributed by atoms with Crippen LogP contribution in [0.25, 0.3) is 0 Å². The standard InChI is InChI=1S/C22H26N3O8P/c1-16(22(27)28)24(18-12-14-23(15-13-18)17(2)26)34(31,32-20-6-4-3-5-7-20)33-21-10-8-19(9-11-21)25(29)30/h3-11,16,18H,12-15H2,1-2H3,(H,27,28)/t16-,34?/m0/s1. The van der Waals surface area contributed by atoms with E-state index in [1.165, 1.54) is 42.8 Å². The predicted molar refractivity (Wildman–Crippen MR) is 123 cm³/mol. The number of carboxylic acid groups (broad SMARTS) is 1. The Morgan fingerprint density at radius 1 is 1.09 bits per heavy atom. The number of carbonyl (C=O) groups excluding carboxylic acids is 1. The number of hydrogen-bond donors (Lipinski definition) is 1. The second-order valence-corrected chi connectivity index (χ2v) is 9.61. The first-order valence-electron chi connectivity index (χ1n) is 10.7. The maximum absolute atomic E-state index is 14.3. The maximum Gasteiger partial charge on any atom is 0.516 e. The molecule has 0 aromatic heterocycles. The summed E-state index contributed by atoms with van der Waals surface area (Å²) in [5.74, 6) is -1.09. The highest BCUT2D eigenvalue weighted by atomic mass is 31.2. The number of carboxylic acids is 1. The lowest BCUT2D eigenvalue weighted by Gasteiger charge is -2.41. The highest BCUT2D eigenvalue weighted by molar-refractivity contribution is 7.52. The summed E-state index contributed by atoms with van der Waals surface area (Å²) < 4.78 is 27.2. The fraction of sp³-hybridized carbons (Fsp3) is 0.364. The minimum atomic E-state index is -4.35. The molecule has 1 fully saturated rings. The molecule has 1 N–H and O–H groups in total. The molecule has 0 bridgehead atoms. The van der Waals surface area contributed by atoms with Gasteiger partial charge in [0, 0.05) is 38.2 Å². The number of piperidine rings is 1. The zero-order valence-corrected chi connectivity index (χ0v) is 19.7. The lowest BCUT2D eigenvalue weighted by Crippen LogP contribution is -2.50. The van der Waals surface area contributed by atoms with Crippen molar-refractivity contribution in [1.82, 2.24) is 9.57 Å². The smallest absolute Gasteiger partial charge is 0.480 e. The molecule has 2 aromatic rings. The number of benzene rings is 2. The largest absolute Gasteiger partial charge is 0.516 e. The number of hydrogen-bond acceptors (Lipinski definition) is 7. The van der Waals surface area contributed by atoms with E-state index in [9.17, 15) is 29.4 Å². The minimum Gasteiger partial charge on any atom is -0.480 e. The van der Waals surface area contributed by atoms with Gasteiger partial charge in [-0.2, -0.15) is 4.67 Å². The number of nitrogens with zero attached hydrogens (tertiary/aromatic N) is 3. The topological polar surface area (TPSA) is 140 Å². The zero-order chi connectivity index (χ0) is 24.9. The average Bonchev–Trinajstić information content (AvgIpc) is 2.80. The molecule has 182 valence electrons. The van der Waals surface area contributed by atoms with Crippen LogP contribution in [0.15, 0.2) is 54.6 Å². The van der Waals surface area contributed by atoms with E-state index in [4.69, 9.17) is 9.05 Å².